The zero-order chi connectivity index (χ0) is 15.7. The Balaban J connectivity index is 1.68. The number of amides is 1. The molecule has 1 fully saturated rings. The van der Waals surface area contributed by atoms with Crippen LogP contribution in [0.4, 0.5) is 0 Å². The van der Waals surface area contributed by atoms with Crippen molar-refractivity contribution in [1.29, 1.82) is 0 Å². The van der Waals surface area contributed by atoms with Gasteiger partial charge in [0.25, 0.3) is 5.91 Å². The number of benzene rings is 1. The molecule has 1 amide bonds. The first-order chi connectivity index (χ1) is 10.5. The van der Waals surface area contributed by atoms with Gasteiger partial charge >= 0.3 is 0 Å². The Morgan fingerprint density at radius 1 is 1.23 bits per heavy atom. The van der Waals surface area contributed by atoms with Crippen molar-refractivity contribution in [1.82, 2.24) is 14.8 Å². The van der Waals surface area contributed by atoms with Crippen LogP contribution in [0, 0.1) is 0 Å². The van der Waals surface area contributed by atoms with E-state index in [1.54, 1.807) is 0 Å². The van der Waals surface area contributed by atoms with Gasteiger partial charge in [-0.15, -0.1) is 0 Å². The number of nitrogens with zero attached hydrogens (tertiary/aromatic N) is 2. The number of carbonyl (C=O) groups excluding carboxylic acids is 1. The monoisotopic (exact) mass is 299 g/mol. The van der Waals surface area contributed by atoms with Gasteiger partial charge in [-0.05, 0) is 37.1 Å². The number of rotatable bonds is 3. The van der Waals surface area contributed by atoms with E-state index in [2.05, 4.69) is 29.8 Å². The summed E-state index contributed by atoms with van der Waals surface area (Å²) in [5.41, 5.74) is 1.96. The molecule has 4 nitrogen and oxygen atoms in total. The number of likely N-dealkylation sites (tertiary alicyclic amines) is 1. The van der Waals surface area contributed by atoms with Gasteiger partial charge in [-0.2, -0.15) is 0 Å². The molecule has 1 N–H and O–H groups in total. The maximum Gasteiger partial charge on any atom is 0.253 e. The molecule has 4 heteroatoms. The molecule has 0 radical (unpaired) electrons. The van der Waals surface area contributed by atoms with E-state index in [0.29, 0.717) is 12.1 Å². The van der Waals surface area contributed by atoms with Crippen LogP contribution in [0.3, 0.4) is 0 Å². The smallest absolute Gasteiger partial charge is 0.253 e. The summed E-state index contributed by atoms with van der Waals surface area (Å²) in [5.74, 6) is 0.161. The van der Waals surface area contributed by atoms with Crippen LogP contribution in [0.5, 0.6) is 0 Å². The molecule has 0 spiro atoms. The molecule has 0 saturated carbocycles. The second-order valence-electron chi connectivity index (χ2n) is 6.59. The average Bonchev–Trinajstić information content (AvgIpc) is 2.88. The van der Waals surface area contributed by atoms with Gasteiger partial charge in [0.05, 0.1) is 0 Å². The Morgan fingerprint density at radius 3 is 2.64 bits per heavy atom. The minimum absolute atomic E-state index is 0.161. The number of aromatic nitrogens is 1. The van der Waals surface area contributed by atoms with Gasteiger partial charge in [-0.3, -0.25) is 4.79 Å². The molecule has 1 saturated heterocycles. The van der Waals surface area contributed by atoms with Crippen molar-refractivity contribution >= 4 is 16.8 Å². The number of piperidine rings is 1. The molecule has 0 unspecified atom stereocenters. The van der Waals surface area contributed by atoms with Crippen molar-refractivity contribution < 1.29 is 4.79 Å². The molecule has 1 aliphatic rings. The molecule has 3 rings (SSSR count). The van der Waals surface area contributed by atoms with Crippen LogP contribution in [-0.2, 0) is 7.05 Å². The predicted molar refractivity (Wildman–Crippen MR) is 90.1 cm³/mol. The minimum Gasteiger partial charge on any atom is -0.351 e. The quantitative estimate of drug-likeness (QED) is 0.946. The molecular formula is C18H25N3O. The first-order valence-electron chi connectivity index (χ1n) is 8.15. The van der Waals surface area contributed by atoms with Crippen LogP contribution in [-0.4, -0.2) is 40.5 Å². The van der Waals surface area contributed by atoms with Crippen LogP contribution < -0.4 is 5.32 Å². The fourth-order valence-electron chi connectivity index (χ4n) is 3.32. The standard InChI is InChI=1S/C18H25N3O/c1-13(2)19-16-7-10-21(11-8-16)18(22)15-4-5-17-14(12-15)6-9-20(17)3/h4-6,9,12-13,16,19H,7-8,10-11H2,1-3H3. The van der Waals surface area contributed by atoms with E-state index in [-0.39, 0.29) is 5.91 Å². The van der Waals surface area contributed by atoms with Crippen molar-refractivity contribution in [3.05, 3.63) is 36.0 Å². The van der Waals surface area contributed by atoms with Gasteiger partial charge in [-0.1, -0.05) is 13.8 Å². The summed E-state index contributed by atoms with van der Waals surface area (Å²) in [6.45, 7) is 6.03. The number of carbonyl (C=O) groups is 1. The summed E-state index contributed by atoms with van der Waals surface area (Å²) in [4.78, 5) is 14.7. The maximum atomic E-state index is 12.7. The van der Waals surface area contributed by atoms with E-state index in [0.717, 1.165) is 42.4 Å². The third-order valence-electron chi connectivity index (χ3n) is 4.48. The second kappa shape index (κ2) is 6.13. The average molecular weight is 299 g/mol. The van der Waals surface area contributed by atoms with Gasteiger partial charge in [0.15, 0.2) is 0 Å². The number of hydrogen-bond acceptors (Lipinski definition) is 2. The molecule has 22 heavy (non-hydrogen) atoms. The molecule has 0 aliphatic carbocycles. The SMILES string of the molecule is CC(C)NC1CCN(C(=O)c2ccc3c(ccn3C)c2)CC1. The highest BCUT2D eigenvalue weighted by Gasteiger charge is 2.23. The second-order valence-corrected chi connectivity index (χ2v) is 6.59. The molecule has 0 bridgehead atoms. The van der Waals surface area contributed by atoms with Crippen LogP contribution in [0.15, 0.2) is 30.5 Å². The van der Waals surface area contributed by atoms with Crippen molar-refractivity contribution in [3.63, 3.8) is 0 Å². The maximum absolute atomic E-state index is 12.7. The number of hydrogen-bond donors (Lipinski definition) is 1. The van der Waals surface area contributed by atoms with Crippen molar-refractivity contribution in [3.8, 4) is 0 Å². The van der Waals surface area contributed by atoms with Crippen molar-refractivity contribution in [2.75, 3.05) is 13.1 Å². The van der Waals surface area contributed by atoms with E-state index in [1.807, 2.05) is 36.3 Å². The summed E-state index contributed by atoms with van der Waals surface area (Å²) in [6, 6.07) is 9.10. The highest BCUT2D eigenvalue weighted by molar-refractivity contribution is 5.98. The van der Waals surface area contributed by atoms with Gasteiger partial charge in [0.1, 0.15) is 0 Å². The Labute approximate surface area is 132 Å². The minimum atomic E-state index is 0.161. The van der Waals surface area contributed by atoms with Gasteiger partial charge in [-0.25, -0.2) is 0 Å². The zero-order valence-electron chi connectivity index (χ0n) is 13.7. The van der Waals surface area contributed by atoms with Crippen LogP contribution in [0.25, 0.3) is 10.9 Å². The number of nitrogens with one attached hydrogen (secondary N) is 1. The first-order valence-corrected chi connectivity index (χ1v) is 8.15. The topological polar surface area (TPSA) is 37.3 Å². The summed E-state index contributed by atoms with van der Waals surface area (Å²) in [5, 5.41) is 4.70. The third-order valence-corrected chi connectivity index (χ3v) is 4.48. The summed E-state index contributed by atoms with van der Waals surface area (Å²) in [7, 11) is 2.02. The van der Waals surface area contributed by atoms with E-state index in [9.17, 15) is 4.79 Å². The largest absolute Gasteiger partial charge is 0.351 e. The lowest BCUT2D eigenvalue weighted by atomic mass is 10.0. The highest BCUT2D eigenvalue weighted by atomic mass is 16.2. The molecule has 2 aromatic rings. The summed E-state index contributed by atoms with van der Waals surface area (Å²) in [6.07, 6.45) is 4.11. The molecular weight excluding hydrogens is 274 g/mol. The lowest BCUT2D eigenvalue weighted by molar-refractivity contribution is 0.0703. The molecule has 2 heterocycles. The van der Waals surface area contributed by atoms with Crippen LogP contribution in [0.2, 0.25) is 0 Å². The fraction of sp³-hybridized carbons (Fsp3) is 0.500. The highest BCUT2D eigenvalue weighted by Crippen LogP contribution is 2.19. The molecule has 1 aliphatic heterocycles. The molecule has 1 aromatic carbocycles. The number of aryl methyl sites for hydroxylation is 1. The normalized spacial score (nSPS) is 16.6. The van der Waals surface area contributed by atoms with Crippen LogP contribution in [0.1, 0.15) is 37.0 Å². The van der Waals surface area contributed by atoms with E-state index in [1.165, 1.54) is 0 Å². The lowest BCUT2D eigenvalue weighted by Crippen LogP contribution is -2.46. The predicted octanol–water partition coefficient (Wildman–Crippen LogP) is 2.78. The first kappa shape index (κ1) is 15.1. The Morgan fingerprint density at radius 2 is 1.95 bits per heavy atom. The molecule has 118 valence electrons. The van der Waals surface area contributed by atoms with Gasteiger partial charge in [0.2, 0.25) is 0 Å². The number of fused-ring (bicyclic) bond motifs is 1. The van der Waals surface area contributed by atoms with E-state index < -0.39 is 0 Å². The molecule has 0 atom stereocenters. The van der Waals surface area contributed by atoms with E-state index >= 15 is 0 Å². The zero-order valence-corrected chi connectivity index (χ0v) is 13.7. The Kier molecular flexibility index (Phi) is 4.21. The Bertz CT molecular complexity index is 666. The van der Waals surface area contributed by atoms with Crippen LogP contribution >= 0.6 is 0 Å². The molecule has 1 aromatic heterocycles. The van der Waals surface area contributed by atoms with Gasteiger partial charge < -0.3 is 14.8 Å². The lowest BCUT2D eigenvalue weighted by Gasteiger charge is -2.33. The van der Waals surface area contributed by atoms with Gasteiger partial charge in [0, 0.05) is 54.9 Å². The Hall–Kier alpha value is -1.81. The van der Waals surface area contributed by atoms with Crippen molar-refractivity contribution in [2.24, 2.45) is 7.05 Å². The summed E-state index contributed by atoms with van der Waals surface area (Å²) < 4.78 is 2.08. The van der Waals surface area contributed by atoms with E-state index in [4.69, 9.17) is 0 Å². The third kappa shape index (κ3) is 3.02. The van der Waals surface area contributed by atoms with Crippen molar-refractivity contribution in [2.45, 2.75) is 38.8 Å². The summed E-state index contributed by atoms with van der Waals surface area (Å²) >= 11 is 0. The fourth-order valence-corrected chi connectivity index (χ4v) is 3.32.